The van der Waals surface area contributed by atoms with Gasteiger partial charge < -0.3 is 9.47 Å². The molecule has 0 aliphatic heterocycles. The van der Waals surface area contributed by atoms with E-state index in [0.29, 0.717) is 11.5 Å². The van der Waals surface area contributed by atoms with Crippen LogP contribution in [0.2, 0.25) is 0 Å². The molecule has 3 aromatic carbocycles. The summed E-state index contributed by atoms with van der Waals surface area (Å²) in [5, 5.41) is 0. The number of hydrogen-bond donors (Lipinski definition) is 0. The molecular formula is C25H24O4. The minimum absolute atomic E-state index is 0.00680. The summed E-state index contributed by atoms with van der Waals surface area (Å²) in [5.41, 5.74) is 5.73. The zero-order valence-corrected chi connectivity index (χ0v) is 17.1. The third-order valence-electron chi connectivity index (χ3n) is 4.70. The SMILES string of the molecule is CC(=O)Oc1ccc(C(c2ccc(OC(C)=O)cc2)c2cc(C)ccc2C)cc1. The molecule has 0 saturated heterocycles. The molecule has 29 heavy (non-hydrogen) atoms. The first kappa shape index (κ1) is 20.3. The Hall–Kier alpha value is -3.40. The van der Waals surface area contributed by atoms with E-state index < -0.39 is 0 Å². The zero-order valence-electron chi connectivity index (χ0n) is 17.1. The van der Waals surface area contributed by atoms with E-state index in [1.54, 1.807) is 0 Å². The Morgan fingerprint density at radius 1 is 0.690 bits per heavy atom. The molecule has 0 unspecified atom stereocenters. The van der Waals surface area contributed by atoms with Gasteiger partial charge in [-0.05, 0) is 60.4 Å². The van der Waals surface area contributed by atoms with Gasteiger partial charge in [-0.3, -0.25) is 9.59 Å². The van der Waals surface area contributed by atoms with Gasteiger partial charge >= 0.3 is 11.9 Å². The van der Waals surface area contributed by atoms with Crippen LogP contribution in [0.15, 0.2) is 66.7 Å². The second kappa shape index (κ2) is 8.74. The van der Waals surface area contributed by atoms with E-state index in [4.69, 9.17) is 9.47 Å². The quantitative estimate of drug-likeness (QED) is 0.337. The van der Waals surface area contributed by atoms with Crippen molar-refractivity contribution in [1.29, 1.82) is 0 Å². The number of ether oxygens (including phenoxy) is 2. The monoisotopic (exact) mass is 388 g/mol. The van der Waals surface area contributed by atoms with E-state index in [1.807, 2.05) is 48.5 Å². The first-order chi connectivity index (χ1) is 13.8. The van der Waals surface area contributed by atoms with Gasteiger partial charge in [-0.25, -0.2) is 0 Å². The fourth-order valence-electron chi connectivity index (χ4n) is 3.41. The van der Waals surface area contributed by atoms with Crippen LogP contribution in [0.1, 0.15) is 47.6 Å². The Bertz CT molecular complexity index is 958. The van der Waals surface area contributed by atoms with E-state index in [1.165, 1.54) is 30.5 Å². The lowest BCUT2D eigenvalue weighted by molar-refractivity contribution is -0.132. The molecule has 0 N–H and O–H groups in total. The van der Waals surface area contributed by atoms with Crippen molar-refractivity contribution in [2.75, 3.05) is 0 Å². The summed E-state index contributed by atoms with van der Waals surface area (Å²) >= 11 is 0. The highest BCUT2D eigenvalue weighted by Gasteiger charge is 2.19. The molecule has 0 bridgehead atoms. The minimum atomic E-state index is -0.343. The second-order valence-corrected chi connectivity index (χ2v) is 7.12. The van der Waals surface area contributed by atoms with Crippen LogP contribution >= 0.6 is 0 Å². The molecule has 0 fully saturated rings. The van der Waals surface area contributed by atoms with Gasteiger partial charge in [0.2, 0.25) is 0 Å². The van der Waals surface area contributed by atoms with Gasteiger partial charge in [0.15, 0.2) is 0 Å². The van der Waals surface area contributed by atoms with E-state index in [0.717, 1.165) is 11.1 Å². The van der Waals surface area contributed by atoms with E-state index >= 15 is 0 Å². The summed E-state index contributed by atoms with van der Waals surface area (Å²) in [5.74, 6) is 0.347. The summed E-state index contributed by atoms with van der Waals surface area (Å²) in [7, 11) is 0. The molecule has 4 nitrogen and oxygen atoms in total. The van der Waals surface area contributed by atoms with Crippen molar-refractivity contribution in [2.24, 2.45) is 0 Å². The van der Waals surface area contributed by atoms with Crippen LogP contribution in [0, 0.1) is 13.8 Å². The van der Waals surface area contributed by atoms with Crippen molar-refractivity contribution in [3.63, 3.8) is 0 Å². The first-order valence-corrected chi connectivity index (χ1v) is 9.47. The third kappa shape index (κ3) is 5.11. The van der Waals surface area contributed by atoms with Crippen molar-refractivity contribution in [1.82, 2.24) is 0 Å². The number of benzene rings is 3. The Balaban J connectivity index is 2.06. The summed E-state index contributed by atoms with van der Waals surface area (Å²) in [4.78, 5) is 22.4. The maximum Gasteiger partial charge on any atom is 0.308 e. The van der Waals surface area contributed by atoms with Gasteiger partial charge in [0, 0.05) is 19.8 Å². The summed E-state index contributed by atoms with van der Waals surface area (Å²) in [6.45, 7) is 6.95. The Morgan fingerprint density at radius 3 is 1.55 bits per heavy atom. The summed E-state index contributed by atoms with van der Waals surface area (Å²) < 4.78 is 10.3. The first-order valence-electron chi connectivity index (χ1n) is 9.47. The summed E-state index contributed by atoms with van der Waals surface area (Å²) in [6.07, 6.45) is 0. The molecule has 3 rings (SSSR count). The molecular weight excluding hydrogens is 364 g/mol. The highest BCUT2D eigenvalue weighted by molar-refractivity contribution is 5.69. The fraction of sp³-hybridized carbons (Fsp3) is 0.200. The zero-order chi connectivity index (χ0) is 21.0. The van der Waals surface area contributed by atoms with E-state index in [9.17, 15) is 9.59 Å². The lowest BCUT2D eigenvalue weighted by atomic mass is 9.82. The number of hydrogen-bond acceptors (Lipinski definition) is 4. The van der Waals surface area contributed by atoms with Crippen LogP contribution in [0.25, 0.3) is 0 Å². The van der Waals surface area contributed by atoms with E-state index in [-0.39, 0.29) is 17.9 Å². The van der Waals surface area contributed by atoms with Crippen molar-refractivity contribution >= 4 is 11.9 Å². The van der Waals surface area contributed by atoms with Crippen molar-refractivity contribution in [2.45, 2.75) is 33.6 Å². The minimum Gasteiger partial charge on any atom is -0.427 e. The van der Waals surface area contributed by atoms with Gasteiger partial charge in [0.25, 0.3) is 0 Å². The van der Waals surface area contributed by atoms with Gasteiger partial charge in [0.05, 0.1) is 0 Å². The van der Waals surface area contributed by atoms with E-state index in [2.05, 4.69) is 32.0 Å². The molecule has 0 saturated carbocycles. The highest BCUT2D eigenvalue weighted by atomic mass is 16.5. The van der Waals surface area contributed by atoms with Crippen molar-refractivity contribution < 1.29 is 19.1 Å². The van der Waals surface area contributed by atoms with Gasteiger partial charge in [-0.15, -0.1) is 0 Å². The Labute approximate surface area is 171 Å². The molecule has 4 heteroatoms. The van der Waals surface area contributed by atoms with Crippen LogP contribution in [0.5, 0.6) is 11.5 Å². The molecule has 0 amide bonds. The number of carbonyl (C=O) groups excluding carboxylic acids is 2. The fourth-order valence-corrected chi connectivity index (χ4v) is 3.41. The predicted octanol–water partition coefficient (Wildman–Crippen LogP) is 5.33. The predicted molar refractivity (Wildman–Crippen MR) is 112 cm³/mol. The van der Waals surface area contributed by atoms with Crippen LogP contribution < -0.4 is 9.47 Å². The maximum absolute atomic E-state index is 11.2. The molecule has 0 aromatic heterocycles. The molecule has 0 aliphatic carbocycles. The second-order valence-electron chi connectivity index (χ2n) is 7.12. The Kier molecular flexibility index (Phi) is 6.13. The average molecular weight is 388 g/mol. The largest absolute Gasteiger partial charge is 0.427 e. The lowest BCUT2D eigenvalue weighted by Gasteiger charge is -2.22. The Morgan fingerprint density at radius 2 is 1.14 bits per heavy atom. The molecule has 148 valence electrons. The lowest BCUT2D eigenvalue weighted by Crippen LogP contribution is -2.07. The normalized spacial score (nSPS) is 10.7. The van der Waals surface area contributed by atoms with Gasteiger partial charge in [0.1, 0.15) is 11.5 Å². The number of aryl methyl sites for hydroxylation is 2. The van der Waals surface area contributed by atoms with Crippen LogP contribution in [-0.4, -0.2) is 11.9 Å². The average Bonchev–Trinajstić information content (AvgIpc) is 2.66. The standard InChI is InChI=1S/C25H24O4/c1-16-5-6-17(2)24(15-16)25(20-7-11-22(12-8-20)28-18(3)26)21-9-13-23(14-10-21)29-19(4)27/h5-15,25H,1-4H3. The topological polar surface area (TPSA) is 52.6 Å². The van der Waals surface area contributed by atoms with Crippen molar-refractivity contribution in [3.8, 4) is 11.5 Å². The van der Waals surface area contributed by atoms with Gasteiger partial charge in [-0.1, -0.05) is 48.0 Å². The smallest absolute Gasteiger partial charge is 0.308 e. The molecule has 3 aromatic rings. The third-order valence-corrected chi connectivity index (χ3v) is 4.70. The molecule has 0 atom stereocenters. The van der Waals surface area contributed by atoms with Crippen LogP contribution in [0.4, 0.5) is 0 Å². The van der Waals surface area contributed by atoms with Crippen LogP contribution in [0.3, 0.4) is 0 Å². The highest BCUT2D eigenvalue weighted by Crippen LogP contribution is 2.35. The molecule has 0 spiro atoms. The molecule has 0 heterocycles. The van der Waals surface area contributed by atoms with Crippen molar-refractivity contribution in [3.05, 3.63) is 94.5 Å². The number of carbonyl (C=O) groups is 2. The van der Waals surface area contributed by atoms with Gasteiger partial charge in [-0.2, -0.15) is 0 Å². The number of esters is 2. The summed E-state index contributed by atoms with van der Waals surface area (Å²) in [6, 6.07) is 21.6. The van der Waals surface area contributed by atoms with Crippen LogP contribution in [-0.2, 0) is 9.59 Å². The molecule has 0 aliphatic rings. The molecule has 0 radical (unpaired) electrons. The maximum atomic E-state index is 11.2. The number of rotatable bonds is 5.